The maximum atomic E-state index is 5.87. The van der Waals surface area contributed by atoms with Gasteiger partial charge in [-0.1, -0.05) is 30.9 Å². The van der Waals surface area contributed by atoms with Gasteiger partial charge in [-0.2, -0.15) is 0 Å². The smallest absolute Gasteiger partial charge is 0.350 e. The average molecular weight is 391 g/mol. The Kier molecular flexibility index (Phi) is 13.2. The second-order valence-electron chi connectivity index (χ2n) is 6.12. The maximum absolute atomic E-state index is 5.87. The predicted molar refractivity (Wildman–Crippen MR) is 110 cm³/mol. The molecule has 0 aromatic carbocycles. The van der Waals surface area contributed by atoms with Crippen LogP contribution in [0.4, 0.5) is 0 Å². The van der Waals surface area contributed by atoms with Crippen LogP contribution < -0.4 is 0 Å². The fourth-order valence-electron chi connectivity index (χ4n) is 2.65. The third kappa shape index (κ3) is 8.89. The summed E-state index contributed by atoms with van der Waals surface area (Å²) in [5.74, 6) is 0. The Morgan fingerprint density at radius 2 is 1.00 bits per heavy atom. The molecule has 0 saturated carbocycles. The molecule has 7 heteroatoms. The van der Waals surface area contributed by atoms with Gasteiger partial charge in [0.05, 0.1) is 8.07 Å². The molecule has 0 saturated heterocycles. The van der Waals surface area contributed by atoms with Crippen LogP contribution in [-0.4, -0.2) is 53.1 Å². The summed E-state index contributed by atoms with van der Waals surface area (Å²) in [6, 6.07) is 1.15. The molecule has 0 amide bonds. The number of allylic oxidation sites excluding steroid dienone is 2. The summed E-state index contributed by atoms with van der Waals surface area (Å²) in [5.41, 5.74) is 4.92. The van der Waals surface area contributed by atoms with Gasteiger partial charge >= 0.3 is 18.6 Å². The Morgan fingerprint density at radius 3 is 1.21 bits per heavy atom. The van der Waals surface area contributed by atoms with Crippen molar-refractivity contribution in [2.45, 2.75) is 61.1 Å². The van der Waals surface area contributed by atoms with Crippen molar-refractivity contribution in [3.8, 4) is 0 Å². The molecule has 0 atom stereocenters. The summed E-state index contributed by atoms with van der Waals surface area (Å²) < 4.78 is 23.5. The van der Waals surface area contributed by atoms with Gasteiger partial charge in [-0.3, -0.25) is 0 Å². The van der Waals surface area contributed by atoms with E-state index in [4.69, 9.17) is 17.7 Å². The molecule has 0 fully saturated rings. The van der Waals surface area contributed by atoms with Crippen molar-refractivity contribution in [2.75, 3.05) is 26.4 Å². The molecule has 0 bridgehead atoms. The van der Waals surface area contributed by atoms with Gasteiger partial charge in [0.25, 0.3) is 0 Å². The molecule has 0 radical (unpaired) electrons. The molecule has 0 aromatic rings. The second kappa shape index (κ2) is 13.2. The minimum atomic E-state index is -1.72. The van der Waals surface area contributed by atoms with E-state index in [2.05, 4.69) is 38.7 Å². The summed E-state index contributed by atoms with van der Waals surface area (Å²) in [6.45, 7) is 20.0. The Morgan fingerprint density at radius 1 is 0.708 bits per heavy atom. The highest BCUT2D eigenvalue weighted by atomic mass is 28.3. The average Bonchev–Trinajstić information content (AvgIpc) is 2.54. The van der Waals surface area contributed by atoms with E-state index in [1.807, 2.05) is 27.7 Å². The summed E-state index contributed by atoms with van der Waals surface area (Å²) in [7, 11) is -5.11. The molecule has 0 rings (SSSR count). The van der Waals surface area contributed by atoms with Crippen molar-refractivity contribution in [2.24, 2.45) is 0 Å². The van der Waals surface area contributed by atoms with E-state index in [9.17, 15) is 0 Å². The summed E-state index contributed by atoms with van der Waals surface area (Å²) in [6.07, 6.45) is 0. The molecule has 4 nitrogen and oxygen atoms in total. The molecular formula is C17H38O4Si3. The zero-order chi connectivity index (χ0) is 18.6. The quantitative estimate of drug-likeness (QED) is 0.449. The first-order valence-corrected chi connectivity index (χ1v) is 15.1. The fourth-order valence-corrected chi connectivity index (χ4v) is 11.0. The summed E-state index contributed by atoms with van der Waals surface area (Å²) in [5, 5.41) is 2.62. The first-order valence-electron chi connectivity index (χ1n) is 9.22. The van der Waals surface area contributed by atoms with E-state index in [1.54, 1.807) is 0 Å². The van der Waals surface area contributed by atoms with Crippen molar-refractivity contribution in [1.29, 1.82) is 0 Å². The zero-order valence-electron chi connectivity index (χ0n) is 17.0. The van der Waals surface area contributed by atoms with E-state index >= 15 is 0 Å². The zero-order valence-corrected chi connectivity index (χ0v) is 20.3. The van der Waals surface area contributed by atoms with Gasteiger partial charge in [-0.25, -0.2) is 0 Å². The minimum Gasteiger partial charge on any atom is -0.394 e. The molecule has 24 heavy (non-hydrogen) atoms. The predicted octanol–water partition coefficient (Wildman–Crippen LogP) is 3.72. The highest BCUT2D eigenvalue weighted by molar-refractivity contribution is 6.89. The van der Waals surface area contributed by atoms with Gasteiger partial charge in [-0.15, -0.1) is 0 Å². The van der Waals surface area contributed by atoms with Gasteiger partial charge in [0.15, 0.2) is 0 Å². The molecule has 0 N–H and O–H groups in total. The summed E-state index contributed by atoms with van der Waals surface area (Å²) in [4.78, 5) is 0. The minimum absolute atomic E-state index is 0.713. The third-order valence-electron chi connectivity index (χ3n) is 3.89. The molecule has 0 unspecified atom stereocenters. The van der Waals surface area contributed by atoms with Crippen LogP contribution >= 0.6 is 0 Å². The van der Waals surface area contributed by atoms with Crippen molar-refractivity contribution in [1.82, 2.24) is 0 Å². The highest BCUT2D eigenvalue weighted by Crippen LogP contribution is 2.20. The van der Waals surface area contributed by atoms with Crippen LogP contribution in [0.25, 0.3) is 0 Å². The first kappa shape index (κ1) is 24.0. The lowest BCUT2D eigenvalue weighted by molar-refractivity contribution is 0.221. The van der Waals surface area contributed by atoms with Gasteiger partial charge in [0.1, 0.15) is 0 Å². The van der Waals surface area contributed by atoms with Gasteiger partial charge in [-0.05, 0) is 51.9 Å². The second-order valence-corrected chi connectivity index (χ2v) is 14.9. The lowest BCUT2D eigenvalue weighted by Gasteiger charge is -2.24. The molecule has 0 aromatic heterocycles. The number of rotatable bonds is 13. The van der Waals surface area contributed by atoms with Gasteiger partial charge in [0.2, 0.25) is 0 Å². The van der Waals surface area contributed by atoms with Crippen molar-refractivity contribution in [3.63, 3.8) is 0 Å². The normalized spacial score (nSPS) is 16.1. The third-order valence-corrected chi connectivity index (χ3v) is 12.7. The van der Waals surface area contributed by atoms with Crippen LogP contribution in [0.15, 0.2) is 21.8 Å². The van der Waals surface area contributed by atoms with Crippen molar-refractivity contribution in [3.05, 3.63) is 21.8 Å². The van der Waals surface area contributed by atoms with E-state index in [0.29, 0.717) is 26.4 Å². The molecule has 0 heterocycles. The van der Waals surface area contributed by atoms with Crippen molar-refractivity contribution < 1.29 is 17.7 Å². The first-order chi connectivity index (χ1) is 11.4. The van der Waals surface area contributed by atoms with Crippen LogP contribution in [0.3, 0.4) is 0 Å². The molecule has 142 valence electrons. The highest BCUT2D eigenvalue weighted by Gasteiger charge is 2.26. The summed E-state index contributed by atoms with van der Waals surface area (Å²) >= 11 is 0. The molecular weight excluding hydrogens is 352 g/mol. The number of hydrogen-bond donors (Lipinski definition) is 0. The Labute approximate surface area is 153 Å². The van der Waals surface area contributed by atoms with Crippen LogP contribution in [0.2, 0.25) is 12.6 Å². The molecule has 0 aliphatic carbocycles. The maximum Gasteiger partial charge on any atom is 0.350 e. The van der Waals surface area contributed by atoms with Crippen LogP contribution in [0, 0.1) is 0 Å². The lowest BCUT2D eigenvalue weighted by Crippen LogP contribution is -2.33. The van der Waals surface area contributed by atoms with E-state index < -0.39 is 26.6 Å². The topological polar surface area (TPSA) is 36.9 Å². The van der Waals surface area contributed by atoms with E-state index in [1.165, 1.54) is 10.4 Å². The van der Waals surface area contributed by atoms with Crippen LogP contribution in [0.5, 0.6) is 0 Å². The van der Waals surface area contributed by atoms with Gasteiger partial charge < -0.3 is 17.7 Å². The monoisotopic (exact) mass is 390 g/mol. The van der Waals surface area contributed by atoms with E-state index in [-0.39, 0.29) is 0 Å². The Bertz CT molecular complexity index is 355. The molecule has 0 spiro atoms. The Hall–Kier alpha value is -0.0294. The van der Waals surface area contributed by atoms with Crippen molar-refractivity contribution >= 4 is 26.6 Å². The lowest BCUT2D eigenvalue weighted by atomic mass is 10.7. The largest absolute Gasteiger partial charge is 0.394 e. The molecule has 0 aliphatic heterocycles. The van der Waals surface area contributed by atoms with Crippen LogP contribution in [0.1, 0.15) is 48.5 Å². The standard InChI is InChI=1S/C17H38O4Si3/c1-9-18-22(19-10-2)16(6)14-24(8,13-5)15-17(7)23(20-11-3)21-12-4/h14-15,22-23H,9-13H2,1-8H3. The Balaban J connectivity index is 5.41. The van der Waals surface area contributed by atoms with E-state index in [0.717, 1.165) is 6.04 Å². The number of hydrogen-bond acceptors (Lipinski definition) is 4. The van der Waals surface area contributed by atoms with Crippen LogP contribution in [-0.2, 0) is 17.7 Å². The van der Waals surface area contributed by atoms with Gasteiger partial charge in [0, 0.05) is 26.4 Å². The SMILES string of the molecule is CCO[SiH](OCC)C(C)=C[Si](C)(C=C(C)[SiH](OCC)OCC)CC. The molecule has 0 aliphatic rings. The fraction of sp³-hybridized carbons (Fsp3) is 0.765.